The molecule has 10 nitrogen and oxygen atoms in total. The number of rotatable bonds is 20. The van der Waals surface area contributed by atoms with Gasteiger partial charge in [-0.3, -0.25) is 4.89 Å². The molecule has 1 fully saturated rings. The highest BCUT2D eigenvalue weighted by atomic mass is 31.2. The highest BCUT2D eigenvalue weighted by molar-refractivity contribution is 7.48. The van der Waals surface area contributed by atoms with Crippen LogP contribution in [0, 0.1) is 38.5 Å². The molecule has 56 heavy (non-hydrogen) atoms. The molecule has 0 aliphatic carbocycles. The molecule has 0 spiro atoms. The van der Waals surface area contributed by atoms with E-state index in [0.717, 1.165) is 60.0 Å². The zero-order chi connectivity index (χ0) is 40.8. The maximum absolute atomic E-state index is 13.8. The summed E-state index contributed by atoms with van der Waals surface area (Å²) in [5, 5.41) is 0. The molecule has 0 aromatic heterocycles. The Hall–Kier alpha value is -3.04. The molecule has 0 radical (unpaired) electrons. The van der Waals surface area contributed by atoms with E-state index in [1.54, 1.807) is 13.8 Å². The zero-order valence-electron chi connectivity index (χ0n) is 35.5. The van der Waals surface area contributed by atoms with E-state index in [4.69, 9.17) is 32.7 Å². The highest BCUT2D eigenvalue weighted by Crippen LogP contribution is 2.53. The van der Waals surface area contributed by atoms with Crippen LogP contribution in [0.15, 0.2) is 41.9 Å². The molecular weight excluding hydrogens is 731 g/mol. The summed E-state index contributed by atoms with van der Waals surface area (Å²) < 4.78 is 55.3. The van der Waals surface area contributed by atoms with Crippen LogP contribution in [0.2, 0.25) is 0 Å². The number of carbonyl (C=O) groups excluding carboxylic acids is 1. The van der Waals surface area contributed by atoms with Gasteiger partial charge in [-0.25, -0.2) is 9.36 Å². The molecule has 3 aliphatic rings. The lowest BCUT2D eigenvalue weighted by molar-refractivity contribution is -0.163. The van der Waals surface area contributed by atoms with E-state index in [-0.39, 0.29) is 30.3 Å². The maximum Gasteiger partial charge on any atom is 0.585 e. The molecule has 312 valence electrons. The van der Waals surface area contributed by atoms with Crippen molar-refractivity contribution >= 4 is 13.8 Å². The minimum Gasteiger partial charge on any atom is -0.487 e. The van der Waals surface area contributed by atoms with Gasteiger partial charge in [0.15, 0.2) is 17.7 Å². The Morgan fingerprint density at radius 2 is 1.52 bits per heavy atom. The number of phosphoric acid groups is 1. The molecule has 5 rings (SSSR count). The molecule has 0 amide bonds. The minimum atomic E-state index is -4.95. The van der Waals surface area contributed by atoms with Gasteiger partial charge in [0.25, 0.3) is 5.76 Å². The fourth-order valence-electron chi connectivity index (χ4n) is 8.17. The average molecular weight is 799 g/mol. The van der Waals surface area contributed by atoms with Crippen LogP contribution in [-0.2, 0) is 45.9 Å². The van der Waals surface area contributed by atoms with Crippen molar-refractivity contribution in [2.45, 2.75) is 170 Å². The summed E-state index contributed by atoms with van der Waals surface area (Å²) in [7, 11) is -4.95. The van der Waals surface area contributed by atoms with Crippen molar-refractivity contribution in [3.05, 3.63) is 69.7 Å². The van der Waals surface area contributed by atoms with Crippen LogP contribution in [-0.4, -0.2) is 41.1 Å². The van der Waals surface area contributed by atoms with E-state index >= 15 is 0 Å². The zero-order valence-corrected chi connectivity index (χ0v) is 36.4. The van der Waals surface area contributed by atoms with E-state index in [9.17, 15) is 14.3 Å². The van der Waals surface area contributed by atoms with E-state index in [0.29, 0.717) is 17.0 Å². The third kappa shape index (κ3) is 11.5. The fraction of sp³-hybridized carbons (Fsp3) is 0.667. The number of hydrogen-bond donors (Lipinski definition) is 1. The summed E-state index contributed by atoms with van der Waals surface area (Å²) >= 11 is 0. The second kappa shape index (κ2) is 18.7. The molecule has 11 heteroatoms. The number of esters is 1. The van der Waals surface area contributed by atoms with Gasteiger partial charge < -0.3 is 32.7 Å². The Bertz CT molecular complexity index is 1740. The van der Waals surface area contributed by atoms with Crippen LogP contribution < -0.4 is 9.26 Å². The first-order valence-corrected chi connectivity index (χ1v) is 22.3. The smallest absolute Gasteiger partial charge is 0.487 e. The second-order valence-corrected chi connectivity index (χ2v) is 19.0. The number of cyclic esters (lactones) is 1. The van der Waals surface area contributed by atoms with Crippen LogP contribution in [0.1, 0.15) is 140 Å². The first-order chi connectivity index (χ1) is 26.4. The van der Waals surface area contributed by atoms with Crippen molar-refractivity contribution in [3.63, 3.8) is 0 Å². The molecular formula is C45H67O10P. The third-order valence-corrected chi connectivity index (χ3v) is 12.6. The number of fused-ring (bicyclic) bond motifs is 1. The lowest BCUT2D eigenvalue weighted by Crippen LogP contribution is -2.37. The van der Waals surface area contributed by atoms with Crippen LogP contribution in [0.4, 0.5) is 0 Å². The Morgan fingerprint density at radius 3 is 2.14 bits per heavy atom. The van der Waals surface area contributed by atoms with Crippen molar-refractivity contribution < 1.29 is 47.0 Å². The van der Waals surface area contributed by atoms with E-state index in [2.05, 4.69) is 34.6 Å². The predicted octanol–water partition coefficient (Wildman–Crippen LogP) is 11.1. The van der Waals surface area contributed by atoms with Crippen LogP contribution >= 0.6 is 7.82 Å². The molecule has 3 heterocycles. The Labute approximate surface area is 335 Å². The van der Waals surface area contributed by atoms with Gasteiger partial charge in [-0.15, -0.1) is 0 Å². The molecule has 6 atom stereocenters. The van der Waals surface area contributed by atoms with Crippen molar-refractivity contribution in [2.75, 3.05) is 6.61 Å². The van der Waals surface area contributed by atoms with Crippen molar-refractivity contribution in [3.8, 4) is 11.5 Å². The molecule has 1 unspecified atom stereocenters. The molecule has 2 aromatic carbocycles. The van der Waals surface area contributed by atoms with Crippen LogP contribution in [0.25, 0.3) is 0 Å². The Kier molecular flexibility index (Phi) is 14.7. The van der Waals surface area contributed by atoms with Gasteiger partial charge in [-0.2, -0.15) is 0 Å². The highest BCUT2D eigenvalue weighted by Gasteiger charge is 2.50. The summed E-state index contributed by atoms with van der Waals surface area (Å²) in [5.41, 5.74) is 3.67. The number of hydrogen-bond acceptors (Lipinski definition) is 9. The molecule has 2 aromatic rings. The minimum absolute atomic E-state index is 0.0534. The monoisotopic (exact) mass is 798 g/mol. The number of benzene rings is 2. The molecule has 1 N–H and O–H groups in total. The van der Waals surface area contributed by atoms with Gasteiger partial charge in [0.2, 0.25) is 0 Å². The average Bonchev–Trinajstić information content (AvgIpc) is 3.65. The Balaban J connectivity index is 1.23. The molecule has 3 aliphatic heterocycles. The number of phosphoric ester groups is 1. The van der Waals surface area contributed by atoms with Gasteiger partial charge >= 0.3 is 13.8 Å². The van der Waals surface area contributed by atoms with Crippen LogP contribution in [0.3, 0.4) is 0 Å². The SMILES string of the molecule is Cc1c(C)c2c(c(C)c1OP(=O)(O)OC1=C(OCc3ccccc3)[C@@H]([C@@H]3COC(C)(C)O3)OC1=O)CC[C@@](C)(CCC[C@H](C)CCC[C@H](C)CCCC(C)C)O2. The summed E-state index contributed by atoms with van der Waals surface area (Å²) in [4.78, 5) is 24.5. The lowest BCUT2D eigenvalue weighted by Gasteiger charge is -2.38. The van der Waals surface area contributed by atoms with Gasteiger partial charge in [-0.05, 0) is 107 Å². The first kappa shape index (κ1) is 44.1. The van der Waals surface area contributed by atoms with Crippen molar-refractivity contribution in [1.82, 2.24) is 0 Å². The van der Waals surface area contributed by atoms with Gasteiger partial charge in [-0.1, -0.05) is 103 Å². The number of ether oxygens (including phenoxy) is 5. The summed E-state index contributed by atoms with van der Waals surface area (Å²) in [6, 6.07) is 9.33. The van der Waals surface area contributed by atoms with E-state index in [1.165, 1.54) is 44.9 Å². The van der Waals surface area contributed by atoms with Gasteiger partial charge in [0, 0.05) is 5.56 Å². The summed E-state index contributed by atoms with van der Waals surface area (Å²) in [6.45, 7) is 20.9. The second-order valence-electron chi connectivity index (χ2n) is 17.7. The van der Waals surface area contributed by atoms with Crippen LogP contribution in [0.5, 0.6) is 11.5 Å². The maximum atomic E-state index is 13.8. The van der Waals surface area contributed by atoms with Gasteiger partial charge in [0.1, 0.15) is 29.8 Å². The van der Waals surface area contributed by atoms with Gasteiger partial charge in [0.05, 0.1) is 6.61 Å². The molecule has 0 saturated carbocycles. The van der Waals surface area contributed by atoms with Crippen molar-refractivity contribution in [1.29, 1.82) is 0 Å². The standard InChI is InChI=1S/C45H67O10P/c1-29(2)17-14-18-30(3)19-15-20-31(4)21-16-25-45(10)26-24-36-34(7)38(32(5)33(6)39(36)53-45)54-56(47,48)55-42-41(49-27-35-22-12-11-13-23-35)40(51-43(42)46)37-28-50-44(8,9)52-37/h11-13,22-23,29-31,37,40H,14-21,24-28H2,1-10H3,(H,47,48)/t30-,31-,37+,40-,45-/m1/s1. The molecule has 1 saturated heterocycles. The lowest BCUT2D eigenvalue weighted by atomic mass is 9.84. The third-order valence-electron chi connectivity index (χ3n) is 11.8. The quantitative estimate of drug-likeness (QED) is 0.102. The van der Waals surface area contributed by atoms with E-state index < -0.39 is 37.5 Å². The normalized spacial score (nSPS) is 24.0. The summed E-state index contributed by atoms with van der Waals surface area (Å²) in [6.07, 6.45) is 11.0. The predicted molar refractivity (Wildman–Crippen MR) is 217 cm³/mol. The summed E-state index contributed by atoms with van der Waals surface area (Å²) in [5.74, 6) is 0.887. The Morgan fingerprint density at radius 1 is 0.875 bits per heavy atom. The first-order valence-electron chi connectivity index (χ1n) is 20.8. The number of carbonyl (C=O) groups is 1. The molecule has 0 bridgehead atoms. The van der Waals surface area contributed by atoms with E-state index in [1.807, 2.05) is 51.1 Å². The largest absolute Gasteiger partial charge is 0.585 e. The topological polar surface area (TPSA) is 119 Å². The van der Waals surface area contributed by atoms with Crippen molar-refractivity contribution in [2.24, 2.45) is 17.8 Å². The fourth-order valence-corrected chi connectivity index (χ4v) is 9.11.